The van der Waals surface area contributed by atoms with Gasteiger partial charge in [-0.25, -0.2) is 0 Å². The summed E-state index contributed by atoms with van der Waals surface area (Å²) < 4.78 is 0. The Balaban J connectivity index is 2.49. The van der Waals surface area contributed by atoms with E-state index >= 15 is 0 Å². The molecule has 1 rings (SSSR count). The van der Waals surface area contributed by atoms with Crippen molar-refractivity contribution in [2.45, 2.75) is 39.8 Å². The Kier molecular flexibility index (Phi) is 6.18. The van der Waals surface area contributed by atoms with Gasteiger partial charge in [-0.1, -0.05) is 32.4 Å². The lowest BCUT2D eigenvalue weighted by Gasteiger charge is -2.17. The lowest BCUT2D eigenvalue weighted by atomic mass is 9.99. The van der Waals surface area contributed by atoms with E-state index in [1.807, 2.05) is 26.0 Å². The van der Waals surface area contributed by atoms with Gasteiger partial charge < -0.3 is 16.4 Å². The van der Waals surface area contributed by atoms with Crippen molar-refractivity contribution in [2.75, 3.05) is 5.32 Å². The molecule has 0 spiro atoms. The zero-order valence-corrected chi connectivity index (χ0v) is 12.3. The monoisotopic (exact) mass is 277 g/mol. The van der Waals surface area contributed by atoms with E-state index in [0.717, 1.165) is 17.7 Å². The van der Waals surface area contributed by atoms with Gasteiger partial charge in [0, 0.05) is 19.2 Å². The molecule has 0 aromatic heterocycles. The second-order valence-electron chi connectivity index (χ2n) is 5.01. The van der Waals surface area contributed by atoms with Crippen LogP contribution in [0.1, 0.15) is 32.8 Å². The van der Waals surface area contributed by atoms with Crippen LogP contribution in [0.25, 0.3) is 0 Å². The summed E-state index contributed by atoms with van der Waals surface area (Å²) in [5, 5.41) is 5.51. The summed E-state index contributed by atoms with van der Waals surface area (Å²) >= 11 is 0. The minimum Gasteiger partial charge on any atom is -0.351 e. The zero-order valence-electron chi connectivity index (χ0n) is 12.3. The third-order valence-electron chi connectivity index (χ3n) is 3.30. The highest BCUT2D eigenvalue weighted by atomic mass is 16.2. The van der Waals surface area contributed by atoms with E-state index in [0.29, 0.717) is 6.54 Å². The van der Waals surface area contributed by atoms with Crippen molar-refractivity contribution >= 4 is 17.5 Å². The highest BCUT2D eigenvalue weighted by molar-refractivity contribution is 5.88. The Bertz CT molecular complexity index is 457. The molecule has 4 N–H and O–H groups in total. The summed E-state index contributed by atoms with van der Waals surface area (Å²) in [4.78, 5) is 22.7. The van der Waals surface area contributed by atoms with E-state index in [4.69, 9.17) is 5.73 Å². The summed E-state index contributed by atoms with van der Waals surface area (Å²) in [5.41, 5.74) is 7.56. The molecule has 2 amide bonds. The van der Waals surface area contributed by atoms with Crippen molar-refractivity contribution in [3.63, 3.8) is 0 Å². The van der Waals surface area contributed by atoms with Gasteiger partial charge in [-0.05, 0) is 23.6 Å². The van der Waals surface area contributed by atoms with Crippen molar-refractivity contribution in [1.82, 2.24) is 5.32 Å². The normalized spacial score (nSPS) is 13.4. The molecule has 5 heteroatoms. The molecule has 1 aromatic rings. The highest BCUT2D eigenvalue weighted by Gasteiger charge is 2.18. The topological polar surface area (TPSA) is 84.2 Å². The molecule has 0 unspecified atom stereocenters. The third kappa shape index (κ3) is 5.01. The largest absolute Gasteiger partial charge is 0.351 e. The number of anilines is 1. The molecular weight excluding hydrogens is 254 g/mol. The van der Waals surface area contributed by atoms with E-state index < -0.39 is 6.04 Å². The molecule has 0 saturated carbocycles. The average Bonchev–Trinajstić information content (AvgIpc) is 2.44. The fourth-order valence-electron chi connectivity index (χ4n) is 1.73. The number of benzene rings is 1. The molecule has 0 aliphatic heterocycles. The Hall–Kier alpha value is -1.88. The van der Waals surface area contributed by atoms with Gasteiger partial charge in [0.1, 0.15) is 0 Å². The fourth-order valence-corrected chi connectivity index (χ4v) is 1.73. The second kappa shape index (κ2) is 7.65. The van der Waals surface area contributed by atoms with Crippen LogP contribution in [-0.4, -0.2) is 17.9 Å². The number of carbonyl (C=O) groups excluding carboxylic acids is 2. The van der Waals surface area contributed by atoms with Crippen LogP contribution in [0.2, 0.25) is 0 Å². The zero-order chi connectivity index (χ0) is 15.1. The van der Waals surface area contributed by atoms with Gasteiger partial charge in [0.2, 0.25) is 11.8 Å². The van der Waals surface area contributed by atoms with Crippen molar-refractivity contribution in [1.29, 1.82) is 0 Å². The Morgan fingerprint density at radius 1 is 1.25 bits per heavy atom. The van der Waals surface area contributed by atoms with Gasteiger partial charge in [-0.15, -0.1) is 0 Å². The van der Waals surface area contributed by atoms with E-state index in [9.17, 15) is 9.59 Å². The van der Waals surface area contributed by atoms with E-state index in [1.54, 1.807) is 12.1 Å². The summed E-state index contributed by atoms with van der Waals surface area (Å²) in [6, 6.07) is 6.86. The first-order chi connectivity index (χ1) is 9.43. The molecule has 0 saturated heterocycles. The lowest BCUT2D eigenvalue weighted by molar-refractivity contribution is -0.123. The van der Waals surface area contributed by atoms with Crippen molar-refractivity contribution in [3.05, 3.63) is 29.8 Å². The third-order valence-corrected chi connectivity index (χ3v) is 3.30. The SMILES string of the molecule is CC[C@H](C)[C@H](N)C(=O)NCc1ccc(NC(C)=O)cc1. The predicted octanol–water partition coefficient (Wildman–Crippen LogP) is 1.63. The Morgan fingerprint density at radius 2 is 1.85 bits per heavy atom. The molecule has 2 atom stereocenters. The number of amides is 2. The molecule has 20 heavy (non-hydrogen) atoms. The molecule has 0 fully saturated rings. The van der Waals surface area contributed by atoms with Crippen LogP contribution >= 0.6 is 0 Å². The molecule has 0 aliphatic carbocycles. The van der Waals surface area contributed by atoms with E-state index in [-0.39, 0.29) is 17.7 Å². The maximum absolute atomic E-state index is 11.8. The van der Waals surface area contributed by atoms with Crippen LogP contribution in [0.15, 0.2) is 24.3 Å². The molecule has 0 bridgehead atoms. The number of hydrogen-bond donors (Lipinski definition) is 3. The minimum absolute atomic E-state index is 0.106. The Labute approximate surface area is 119 Å². The van der Waals surface area contributed by atoms with E-state index in [2.05, 4.69) is 10.6 Å². The minimum atomic E-state index is -0.473. The molecule has 0 heterocycles. The summed E-state index contributed by atoms with van der Waals surface area (Å²) in [6.45, 7) is 5.87. The lowest BCUT2D eigenvalue weighted by Crippen LogP contribution is -2.44. The van der Waals surface area contributed by atoms with Crippen molar-refractivity contribution in [3.8, 4) is 0 Å². The summed E-state index contributed by atoms with van der Waals surface area (Å²) in [5.74, 6) is -0.0759. The summed E-state index contributed by atoms with van der Waals surface area (Å²) in [6.07, 6.45) is 0.875. The van der Waals surface area contributed by atoms with Crippen LogP contribution in [0, 0.1) is 5.92 Å². The van der Waals surface area contributed by atoms with Gasteiger partial charge >= 0.3 is 0 Å². The van der Waals surface area contributed by atoms with Gasteiger partial charge in [-0.3, -0.25) is 9.59 Å². The number of carbonyl (C=O) groups is 2. The van der Waals surface area contributed by atoms with Crippen LogP contribution in [0.5, 0.6) is 0 Å². The van der Waals surface area contributed by atoms with Gasteiger partial charge in [0.25, 0.3) is 0 Å². The quantitative estimate of drug-likeness (QED) is 0.739. The molecule has 0 radical (unpaired) electrons. The maximum Gasteiger partial charge on any atom is 0.237 e. The van der Waals surface area contributed by atoms with Gasteiger partial charge in [-0.2, -0.15) is 0 Å². The first kappa shape index (κ1) is 16.2. The number of rotatable bonds is 6. The molecule has 1 aromatic carbocycles. The molecule has 5 nitrogen and oxygen atoms in total. The van der Waals surface area contributed by atoms with Crippen LogP contribution < -0.4 is 16.4 Å². The smallest absolute Gasteiger partial charge is 0.237 e. The predicted molar refractivity (Wildman–Crippen MR) is 80.0 cm³/mol. The number of nitrogens with one attached hydrogen (secondary N) is 2. The van der Waals surface area contributed by atoms with Crippen LogP contribution in [0.4, 0.5) is 5.69 Å². The fraction of sp³-hybridized carbons (Fsp3) is 0.467. The first-order valence-electron chi connectivity index (χ1n) is 6.83. The second-order valence-corrected chi connectivity index (χ2v) is 5.01. The molecular formula is C15H23N3O2. The standard InChI is InChI=1S/C15H23N3O2/c1-4-10(2)14(16)15(20)17-9-12-5-7-13(8-6-12)18-11(3)19/h5-8,10,14H,4,9,16H2,1-3H3,(H,17,20)(H,18,19)/t10-,14-/m0/s1. The first-order valence-corrected chi connectivity index (χ1v) is 6.83. The van der Waals surface area contributed by atoms with Crippen molar-refractivity contribution < 1.29 is 9.59 Å². The average molecular weight is 277 g/mol. The van der Waals surface area contributed by atoms with Crippen LogP contribution in [0.3, 0.4) is 0 Å². The summed E-state index contributed by atoms with van der Waals surface area (Å²) in [7, 11) is 0. The Morgan fingerprint density at radius 3 is 2.35 bits per heavy atom. The highest BCUT2D eigenvalue weighted by Crippen LogP contribution is 2.10. The van der Waals surface area contributed by atoms with Gasteiger partial charge in [0.05, 0.1) is 6.04 Å². The molecule has 110 valence electrons. The van der Waals surface area contributed by atoms with Gasteiger partial charge in [0.15, 0.2) is 0 Å². The van der Waals surface area contributed by atoms with E-state index in [1.165, 1.54) is 6.92 Å². The maximum atomic E-state index is 11.8. The van der Waals surface area contributed by atoms with Crippen molar-refractivity contribution in [2.24, 2.45) is 11.7 Å². The number of nitrogens with two attached hydrogens (primary N) is 1. The van der Waals surface area contributed by atoms with Crippen LogP contribution in [-0.2, 0) is 16.1 Å². The number of hydrogen-bond acceptors (Lipinski definition) is 3. The molecule has 0 aliphatic rings.